The van der Waals surface area contributed by atoms with Gasteiger partial charge in [0.15, 0.2) is 0 Å². The van der Waals surface area contributed by atoms with Crippen LogP contribution in [0.15, 0.2) is 29.5 Å². The normalized spacial score (nSPS) is 15.2. The molecule has 0 aliphatic heterocycles. The van der Waals surface area contributed by atoms with E-state index in [-0.39, 0.29) is 5.75 Å². The van der Waals surface area contributed by atoms with Crippen LogP contribution >= 0.6 is 0 Å². The Balaban J connectivity index is 1.84. The van der Waals surface area contributed by atoms with Crippen LogP contribution in [0, 0.1) is 6.92 Å². The molecule has 0 bridgehead atoms. The van der Waals surface area contributed by atoms with E-state index in [0.29, 0.717) is 17.4 Å². The van der Waals surface area contributed by atoms with Crippen molar-refractivity contribution in [2.75, 3.05) is 5.73 Å². The lowest BCUT2D eigenvalue weighted by atomic mass is 10.1. The maximum absolute atomic E-state index is 9.97. The third-order valence-electron chi connectivity index (χ3n) is 3.26. The molecule has 1 aromatic carbocycles. The van der Waals surface area contributed by atoms with Crippen LogP contribution in [0.1, 0.15) is 35.6 Å². The first-order valence-corrected chi connectivity index (χ1v) is 6.32. The van der Waals surface area contributed by atoms with Gasteiger partial charge in [-0.05, 0) is 43.4 Å². The number of hydrogen-bond acceptors (Lipinski definition) is 4. The molecule has 0 unspecified atom stereocenters. The lowest BCUT2D eigenvalue weighted by molar-refractivity contribution is 0.473. The first-order valence-electron chi connectivity index (χ1n) is 6.32. The van der Waals surface area contributed by atoms with Gasteiger partial charge in [0, 0.05) is 5.56 Å². The van der Waals surface area contributed by atoms with Crippen molar-refractivity contribution in [3.8, 4) is 5.75 Å². The van der Waals surface area contributed by atoms with E-state index in [1.54, 1.807) is 12.4 Å². The molecule has 0 saturated heterocycles. The second kappa shape index (κ2) is 4.42. The summed E-state index contributed by atoms with van der Waals surface area (Å²) in [6, 6.07) is 5.75. The maximum Gasteiger partial charge on any atom is 0.221 e. The van der Waals surface area contributed by atoms with Gasteiger partial charge in [-0.25, -0.2) is 9.66 Å². The van der Waals surface area contributed by atoms with Crippen molar-refractivity contribution in [3.63, 3.8) is 0 Å². The quantitative estimate of drug-likeness (QED) is 0.827. The Morgan fingerprint density at radius 2 is 2.26 bits per heavy atom. The number of nitrogens with two attached hydrogens (primary N) is 1. The van der Waals surface area contributed by atoms with Crippen molar-refractivity contribution >= 4 is 12.2 Å². The highest BCUT2D eigenvalue weighted by molar-refractivity contribution is 5.83. The molecule has 0 atom stereocenters. The molecule has 3 rings (SSSR count). The molecule has 0 amide bonds. The highest BCUT2D eigenvalue weighted by Crippen LogP contribution is 2.41. The molecule has 1 saturated carbocycles. The summed E-state index contributed by atoms with van der Waals surface area (Å²) in [5.41, 5.74) is 8.38. The number of hydrogen-bond donors (Lipinski definition) is 2. The second-order valence-electron chi connectivity index (χ2n) is 4.92. The molecule has 1 aliphatic carbocycles. The van der Waals surface area contributed by atoms with Gasteiger partial charge in [-0.15, -0.1) is 0 Å². The lowest BCUT2D eigenvalue weighted by Crippen LogP contribution is -1.97. The number of phenols is 1. The molecule has 5 nitrogen and oxygen atoms in total. The Morgan fingerprint density at radius 3 is 2.84 bits per heavy atom. The van der Waals surface area contributed by atoms with E-state index >= 15 is 0 Å². The number of phenolic OH excluding ortho intramolecular Hbond substituents is 1. The predicted octanol–water partition coefficient (Wildman–Crippen LogP) is 2.24. The third-order valence-corrected chi connectivity index (χ3v) is 3.26. The van der Waals surface area contributed by atoms with Gasteiger partial charge in [0.1, 0.15) is 5.75 Å². The highest BCUT2D eigenvalue weighted by atomic mass is 16.3. The first-order chi connectivity index (χ1) is 9.13. The average molecular weight is 256 g/mol. The molecule has 2 aromatic rings. The Bertz CT molecular complexity index is 641. The predicted molar refractivity (Wildman–Crippen MR) is 74.5 cm³/mol. The summed E-state index contributed by atoms with van der Waals surface area (Å²) in [6.45, 7) is 1.85. The van der Waals surface area contributed by atoms with Crippen LogP contribution in [0.4, 0.5) is 5.95 Å². The number of nitrogen functional groups attached to an aromatic ring is 1. The van der Waals surface area contributed by atoms with Crippen LogP contribution in [0.2, 0.25) is 0 Å². The lowest BCUT2D eigenvalue weighted by Gasteiger charge is -2.02. The van der Waals surface area contributed by atoms with Gasteiger partial charge < -0.3 is 10.8 Å². The zero-order chi connectivity index (χ0) is 13.4. The summed E-state index contributed by atoms with van der Waals surface area (Å²) in [4.78, 5) is 4.06. The van der Waals surface area contributed by atoms with Gasteiger partial charge in [0.05, 0.1) is 18.1 Å². The molecule has 0 spiro atoms. The second-order valence-corrected chi connectivity index (χ2v) is 4.92. The number of imidazole rings is 1. The van der Waals surface area contributed by atoms with E-state index in [1.165, 1.54) is 23.1 Å². The monoisotopic (exact) mass is 256 g/mol. The van der Waals surface area contributed by atoms with Gasteiger partial charge in [-0.3, -0.25) is 0 Å². The van der Waals surface area contributed by atoms with Gasteiger partial charge in [0.25, 0.3) is 0 Å². The van der Waals surface area contributed by atoms with Gasteiger partial charge in [-0.1, -0.05) is 6.07 Å². The van der Waals surface area contributed by atoms with Crippen molar-refractivity contribution < 1.29 is 5.11 Å². The average Bonchev–Trinajstić information content (AvgIpc) is 3.15. The number of aromatic hydroxyl groups is 1. The number of anilines is 1. The van der Waals surface area contributed by atoms with E-state index < -0.39 is 0 Å². The van der Waals surface area contributed by atoms with Crippen LogP contribution in [-0.4, -0.2) is 21.0 Å². The molecule has 1 heterocycles. The Morgan fingerprint density at radius 1 is 1.47 bits per heavy atom. The summed E-state index contributed by atoms with van der Waals surface area (Å²) < 4.78 is 1.49. The maximum atomic E-state index is 9.97. The van der Waals surface area contributed by atoms with E-state index in [2.05, 4.69) is 10.1 Å². The summed E-state index contributed by atoms with van der Waals surface area (Å²) >= 11 is 0. The van der Waals surface area contributed by atoms with E-state index in [1.807, 2.05) is 25.1 Å². The highest BCUT2D eigenvalue weighted by Gasteiger charge is 2.23. The fourth-order valence-electron chi connectivity index (χ4n) is 2.06. The Hall–Kier alpha value is -2.30. The van der Waals surface area contributed by atoms with Crippen molar-refractivity contribution in [2.45, 2.75) is 25.7 Å². The minimum Gasteiger partial charge on any atom is -0.507 e. The largest absolute Gasteiger partial charge is 0.507 e. The Labute approximate surface area is 111 Å². The van der Waals surface area contributed by atoms with Crippen molar-refractivity contribution in [1.29, 1.82) is 0 Å². The van der Waals surface area contributed by atoms with E-state index in [4.69, 9.17) is 5.73 Å². The summed E-state index contributed by atoms with van der Waals surface area (Å²) in [7, 11) is 0. The number of rotatable bonds is 3. The van der Waals surface area contributed by atoms with Crippen molar-refractivity contribution in [3.05, 3.63) is 41.2 Å². The molecule has 98 valence electrons. The topological polar surface area (TPSA) is 76.4 Å². The van der Waals surface area contributed by atoms with Crippen LogP contribution in [0.3, 0.4) is 0 Å². The number of aryl methyl sites for hydroxylation is 1. The van der Waals surface area contributed by atoms with E-state index in [9.17, 15) is 5.11 Å². The molecular formula is C14H16N4O. The summed E-state index contributed by atoms with van der Waals surface area (Å²) in [5, 5.41) is 14.2. The minimum atomic E-state index is 0.253. The molecule has 1 fully saturated rings. The molecule has 5 heteroatoms. The number of nitrogens with zero attached hydrogens (tertiary/aromatic N) is 3. The Kier molecular flexibility index (Phi) is 2.74. The summed E-state index contributed by atoms with van der Waals surface area (Å²) in [5.74, 6) is 1.22. The number of benzene rings is 1. The van der Waals surface area contributed by atoms with Crippen LogP contribution < -0.4 is 5.73 Å². The molecule has 1 aliphatic rings. The van der Waals surface area contributed by atoms with E-state index in [0.717, 1.165) is 5.69 Å². The zero-order valence-electron chi connectivity index (χ0n) is 10.7. The molecule has 3 N–H and O–H groups in total. The zero-order valence-corrected chi connectivity index (χ0v) is 10.7. The molecule has 0 radical (unpaired) electrons. The fourth-order valence-corrected chi connectivity index (χ4v) is 2.06. The van der Waals surface area contributed by atoms with Crippen LogP contribution in [0.5, 0.6) is 5.75 Å². The van der Waals surface area contributed by atoms with Gasteiger partial charge in [-0.2, -0.15) is 5.10 Å². The standard InChI is InChI=1S/C14H16N4O/c1-9-8-18(14(15)17-9)16-7-12-5-4-11(6-13(12)19)10-2-3-10/h4-8,10,19H,2-3H2,1H3,(H2,15,17). The molecular weight excluding hydrogens is 240 g/mol. The third kappa shape index (κ3) is 2.45. The molecule has 1 aromatic heterocycles. The van der Waals surface area contributed by atoms with Crippen molar-refractivity contribution in [1.82, 2.24) is 9.66 Å². The molecule has 19 heavy (non-hydrogen) atoms. The SMILES string of the molecule is Cc1cn(N=Cc2ccc(C3CC3)cc2O)c(N)n1. The van der Waals surface area contributed by atoms with Gasteiger partial charge in [0.2, 0.25) is 5.95 Å². The summed E-state index contributed by atoms with van der Waals surface area (Å²) in [6.07, 6.45) is 5.76. The van der Waals surface area contributed by atoms with Crippen LogP contribution in [0.25, 0.3) is 0 Å². The minimum absolute atomic E-state index is 0.253. The van der Waals surface area contributed by atoms with Gasteiger partial charge >= 0.3 is 0 Å². The smallest absolute Gasteiger partial charge is 0.221 e. The first kappa shape index (κ1) is 11.8. The van der Waals surface area contributed by atoms with Crippen LogP contribution in [-0.2, 0) is 0 Å². The fraction of sp³-hybridized carbons (Fsp3) is 0.286. The van der Waals surface area contributed by atoms with Crippen molar-refractivity contribution in [2.24, 2.45) is 5.10 Å². The number of aromatic nitrogens is 2.